The fourth-order valence-corrected chi connectivity index (χ4v) is 3.99. The van der Waals surface area contributed by atoms with Crippen LogP contribution in [-0.2, 0) is 4.79 Å². The van der Waals surface area contributed by atoms with Crippen LogP contribution in [0.15, 0.2) is 52.9 Å². The van der Waals surface area contributed by atoms with Crippen LogP contribution in [0.2, 0.25) is 0 Å². The highest BCUT2D eigenvalue weighted by atomic mass is 32.2. The Hall–Kier alpha value is -2.58. The van der Waals surface area contributed by atoms with Crippen LogP contribution >= 0.6 is 23.1 Å². The molecular weight excluding hydrogens is 392 g/mol. The molecule has 28 heavy (non-hydrogen) atoms. The molecule has 146 valence electrons. The molecule has 0 radical (unpaired) electrons. The number of nitrogens with one attached hydrogen (secondary N) is 2. The Labute approximate surface area is 172 Å². The average Bonchev–Trinajstić information content (AvgIpc) is 3.14. The third-order valence-electron chi connectivity index (χ3n) is 3.92. The number of carbonyl (C=O) groups is 1. The summed E-state index contributed by atoms with van der Waals surface area (Å²) in [4.78, 5) is 12.2. The van der Waals surface area contributed by atoms with Crippen molar-refractivity contribution in [2.24, 2.45) is 0 Å². The molecule has 1 amide bonds. The summed E-state index contributed by atoms with van der Waals surface area (Å²) in [6.07, 6.45) is 0. The summed E-state index contributed by atoms with van der Waals surface area (Å²) in [5, 5.41) is 15.0. The van der Waals surface area contributed by atoms with Gasteiger partial charge in [-0.15, -0.1) is 10.2 Å². The summed E-state index contributed by atoms with van der Waals surface area (Å²) in [5.74, 6) is 1.44. The molecule has 3 rings (SSSR count). The maximum atomic E-state index is 12.2. The molecule has 2 aromatic carbocycles. The summed E-state index contributed by atoms with van der Waals surface area (Å²) in [7, 11) is 1.63. The average molecular weight is 415 g/mol. The van der Waals surface area contributed by atoms with Crippen LogP contribution in [0, 0.1) is 0 Å². The molecule has 0 aliphatic heterocycles. The lowest BCUT2D eigenvalue weighted by atomic mass is 10.0. The van der Waals surface area contributed by atoms with Crippen LogP contribution in [0.25, 0.3) is 0 Å². The molecule has 8 heteroatoms. The van der Waals surface area contributed by atoms with E-state index in [2.05, 4.69) is 34.7 Å². The van der Waals surface area contributed by atoms with Crippen molar-refractivity contribution in [1.29, 1.82) is 0 Å². The van der Waals surface area contributed by atoms with Crippen molar-refractivity contribution in [3.05, 3.63) is 54.1 Å². The van der Waals surface area contributed by atoms with Gasteiger partial charge < -0.3 is 15.4 Å². The van der Waals surface area contributed by atoms with Crippen molar-refractivity contribution in [1.82, 2.24) is 10.2 Å². The van der Waals surface area contributed by atoms with Gasteiger partial charge in [0.1, 0.15) is 5.75 Å². The molecule has 0 bridgehead atoms. The highest BCUT2D eigenvalue weighted by molar-refractivity contribution is 8.01. The zero-order chi connectivity index (χ0) is 19.9. The third kappa shape index (κ3) is 5.71. The maximum Gasteiger partial charge on any atom is 0.234 e. The van der Waals surface area contributed by atoms with Gasteiger partial charge in [0.15, 0.2) is 4.34 Å². The minimum absolute atomic E-state index is 0.0696. The molecule has 0 saturated heterocycles. The Morgan fingerprint density at radius 3 is 2.64 bits per heavy atom. The molecule has 0 atom stereocenters. The minimum atomic E-state index is -0.0696. The van der Waals surface area contributed by atoms with E-state index in [-0.39, 0.29) is 11.7 Å². The van der Waals surface area contributed by atoms with E-state index in [4.69, 9.17) is 4.74 Å². The predicted molar refractivity (Wildman–Crippen MR) is 116 cm³/mol. The first-order chi connectivity index (χ1) is 13.5. The van der Waals surface area contributed by atoms with Crippen LogP contribution in [-0.4, -0.2) is 29.0 Å². The molecule has 0 fully saturated rings. The van der Waals surface area contributed by atoms with E-state index in [1.165, 1.54) is 28.7 Å². The van der Waals surface area contributed by atoms with Crippen LogP contribution < -0.4 is 15.4 Å². The van der Waals surface area contributed by atoms with Gasteiger partial charge in [-0.2, -0.15) is 0 Å². The van der Waals surface area contributed by atoms with E-state index in [1.54, 1.807) is 7.11 Å². The zero-order valence-corrected chi connectivity index (χ0v) is 17.6. The maximum absolute atomic E-state index is 12.2. The van der Waals surface area contributed by atoms with Gasteiger partial charge in [0.05, 0.1) is 12.9 Å². The first-order valence-electron chi connectivity index (χ1n) is 8.80. The molecule has 0 aliphatic carbocycles. The summed E-state index contributed by atoms with van der Waals surface area (Å²) in [6.45, 7) is 4.29. The van der Waals surface area contributed by atoms with Crippen LogP contribution in [0.1, 0.15) is 25.3 Å². The number of benzene rings is 2. The van der Waals surface area contributed by atoms with E-state index in [0.29, 0.717) is 11.0 Å². The number of methoxy groups -OCH3 is 1. The van der Waals surface area contributed by atoms with Gasteiger partial charge in [0, 0.05) is 17.4 Å². The summed E-state index contributed by atoms with van der Waals surface area (Å²) >= 11 is 2.77. The molecule has 0 saturated carbocycles. The van der Waals surface area contributed by atoms with Crippen molar-refractivity contribution in [2.75, 3.05) is 23.5 Å². The van der Waals surface area contributed by atoms with E-state index >= 15 is 0 Å². The standard InChI is InChI=1S/C20H22N4O2S2/c1-13(2)14-7-9-15(10-8-14)21-18(25)12-27-20-24-23-19(28-20)22-16-5-4-6-17(11-16)26-3/h4-11,13H,12H2,1-3H3,(H,21,25)(H,22,23). The highest BCUT2D eigenvalue weighted by Gasteiger charge is 2.09. The van der Waals surface area contributed by atoms with Crippen molar-refractivity contribution < 1.29 is 9.53 Å². The summed E-state index contributed by atoms with van der Waals surface area (Å²) in [6, 6.07) is 15.5. The van der Waals surface area contributed by atoms with Gasteiger partial charge in [-0.1, -0.05) is 55.1 Å². The smallest absolute Gasteiger partial charge is 0.234 e. The van der Waals surface area contributed by atoms with Crippen molar-refractivity contribution >= 4 is 45.5 Å². The lowest BCUT2D eigenvalue weighted by Gasteiger charge is -2.08. The largest absolute Gasteiger partial charge is 0.497 e. The highest BCUT2D eigenvalue weighted by Crippen LogP contribution is 2.28. The molecule has 3 aromatic rings. The molecule has 1 aromatic heterocycles. The predicted octanol–water partition coefficient (Wildman–Crippen LogP) is 5.14. The first kappa shape index (κ1) is 20.2. The van der Waals surface area contributed by atoms with E-state index < -0.39 is 0 Å². The number of hydrogen-bond donors (Lipinski definition) is 2. The lowest BCUT2D eigenvalue weighted by molar-refractivity contribution is -0.113. The second kappa shape index (κ2) is 9.57. The van der Waals surface area contributed by atoms with Gasteiger partial charge >= 0.3 is 0 Å². The van der Waals surface area contributed by atoms with Gasteiger partial charge in [0.2, 0.25) is 11.0 Å². The van der Waals surface area contributed by atoms with Crippen molar-refractivity contribution in [2.45, 2.75) is 24.1 Å². The topological polar surface area (TPSA) is 76.1 Å². The second-order valence-electron chi connectivity index (χ2n) is 6.34. The summed E-state index contributed by atoms with van der Waals surface area (Å²) < 4.78 is 5.94. The molecule has 2 N–H and O–H groups in total. The van der Waals surface area contributed by atoms with Crippen molar-refractivity contribution in [3.63, 3.8) is 0 Å². The Bertz CT molecular complexity index is 926. The van der Waals surface area contributed by atoms with Crippen LogP contribution in [0.3, 0.4) is 0 Å². The van der Waals surface area contributed by atoms with E-state index in [1.807, 2.05) is 48.5 Å². The molecule has 0 spiro atoms. The Morgan fingerprint density at radius 1 is 1.14 bits per heavy atom. The molecule has 0 aliphatic rings. The van der Waals surface area contributed by atoms with Gasteiger partial charge in [-0.25, -0.2) is 0 Å². The quantitative estimate of drug-likeness (QED) is 0.497. The number of anilines is 3. The monoisotopic (exact) mass is 414 g/mol. The second-order valence-corrected chi connectivity index (χ2v) is 8.54. The molecule has 6 nitrogen and oxygen atoms in total. The number of rotatable bonds is 8. The van der Waals surface area contributed by atoms with Crippen LogP contribution in [0.5, 0.6) is 5.75 Å². The number of hydrogen-bond acceptors (Lipinski definition) is 7. The van der Waals surface area contributed by atoms with Gasteiger partial charge in [-0.3, -0.25) is 4.79 Å². The number of thioether (sulfide) groups is 1. The number of carbonyl (C=O) groups excluding carboxylic acids is 1. The molecule has 0 unspecified atom stereocenters. The first-order valence-corrected chi connectivity index (χ1v) is 10.6. The normalized spacial score (nSPS) is 10.7. The molecule has 1 heterocycles. The number of ether oxygens (including phenoxy) is 1. The summed E-state index contributed by atoms with van der Waals surface area (Å²) in [5.41, 5.74) is 2.92. The van der Waals surface area contributed by atoms with Gasteiger partial charge in [0.25, 0.3) is 0 Å². The number of nitrogens with zero attached hydrogens (tertiary/aromatic N) is 2. The Kier molecular flexibility index (Phi) is 6.89. The van der Waals surface area contributed by atoms with Gasteiger partial charge in [-0.05, 0) is 35.7 Å². The zero-order valence-electron chi connectivity index (χ0n) is 15.9. The lowest BCUT2D eigenvalue weighted by Crippen LogP contribution is -2.13. The van der Waals surface area contributed by atoms with E-state index in [9.17, 15) is 4.79 Å². The minimum Gasteiger partial charge on any atom is -0.497 e. The van der Waals surface area contributed by atoms with Crippen LogP contribution in [0.4, 0.5) is 16.5 Å². The fourth-order valence-electron chi connectivity index (χ4n) is 2.42. The molecular formula is C20H22N4O2S2. The Morgan fingerprint density at radius 2 is 1.93 bits per heavy atom. The SMILES string of the molecule is COc1cccc(Nc2nnc(SCC(=O)Nc3ccc(C(C)C)cc3)s2)c1. The Balaban J connectivity index is 1.50. The third-order valence-corrected chi connectivity index (χ3v) is 5.89. The number of amides is 1. The van der Waals surface area contributed by atoms with Crippen molar-refractivity contribution in [3.8, 4) is 5.75 Å². The number of aromatic nitrogens is 2. The van der Waals surface area contributed by atoms with E-state index in [0.717, 1.165) is 21.5 Å². The fraction of sp³-hybridized carbons (Fsp3) is 0.250.